The first kappa shape index (κ1) is 21.2. The van der Waals surface area contributed by atoms with Crippen LogP contribution in [0.5, 0.6) is 5.75 Å². The van der Waals surface area contributed by atoms with Crippen LogP contribution in [0.4, 0.5) is 18.9 Å². The molecule has 1 saturated carbocycles. The summed E-state index contributed by atoms with van der Waals surface area (Å²) in [6.07, 6.45) is -1.98. The highest BCUT2D eigenvalue weighted by molar-refractivity contribution is 6.03. The minimum atomic E-state index is -4.33. The van der Waals surface area contributed by atoms with E-state index < -0.39 is 23.8 Å². The van der Waals surface area contributed by atoms with E-state index in [1.165, 1.54) is 12.1 Å². The monoisotopic (exact) mass is 432 g/mol. The predicted molar refractivity (Wildman–Crippen MR) is 111 cm³/mol. The van der Waals surface area contributed by atoms with Crippen LogP contribution in [0.1, 0.15) is 43.2 Å². The van der Waals surface area contributed by atoms with Gasteiger partial charge < -0.3 is 20.1 Å². The number of carbonyl (C=O) groups excluding carboxylic acids is 1. The van der Waals surface area contributed by atoms with Gasteiger partial charge in [-0.3, -0.25) is 4.79 Å². The summed E-state index contributed by atoms with van der Waals surface area (Å²) in [6, 6.07) is 10.8. The van der Waals surface area contributed by atoms with E-state index >= 15 is 0 Å². The summed E-state index contributed by atoms with van der Waals surface area (Å²) in [5, 5.41) is 13.2. The van der Waals surface area contributed by atoms with Gasteiger partial charge in [0.2, 0.25) is 0 Å². The fourth-order valence-corrected chi connectivity index (χ4v) is 3.75. The van der Waals surface area contributed by atoms with E-state index in [4.69, 9.17) is 4.74 Å². The number of rotatable bonds is 6. The number of hydrogen-bond acceptors (Lipinski definition) is 3. The largest absolute Gasteiger partial charge is 0.490 e. The van der Waals surface area contributed by atoms with Gasteiger partial charge in [-0.05, 0) is 61.1 Å². The highest BCUT2D eigenvalue weighted by atomic mass is 19.4. The third-order valence-electron chi connectivity index (χ3n) is 5.71. The molecule has 2 aromatic carbocycles. The number of aromatic nitrogens is 1. The molecule has 0 saturated heterocycles. The van der Waals surface area contributed by atoms with Crippen molar-refractivity contribution in [3.8, 4) is 5.75 Å². The fraction of sp³-hybridized carbons (Fsp3) is 0.348. The molecule has 5 nitrogen and oxygen atoms in total. The fourth-order valence-electron chi connectivity index (χ4n) is 3.75. The van der Waals surface area contributed by atoms with E-state index in [9.17, 15) is 23.1 Å². The first-order valence-electron chi connectivity index (χ1n) is 10.2. The van der Waals surface area contributed by atoms with Crippen LogP contribution in [0.2, 0.25) is 0 Å². The summed E-state index contributed by atoms with van der Waals surface area (Å²) < 4.78 is 44.1. The van der Waals surface area contributed by atoms with Crippen LogP contribution >= 0.6 is 0 Å². The maximum absolute atomic E-state index is 12.7. The normalized spacial score (nSPS) is 19.6. The summed E-state index contributed by atoms with van der Waals surface area (Å²) in [4.78, 5) is 15.1. The quantitative estimate of drug-likeness (QED) is 0.500. The maximum Gasteiger partial charge on any atom is 0.416 e. The molecule has 1 atom stereocenters. The molecule has 31 heavy (non-hydrogen) atoms. The number of anilines is 1. The second-order valence-corrected chi connectivity index (χ2v) is 7.85. The second kappa shape index (κ2) is 8.26. The van der Waals surface area contributed by atoms with Crippen LogP contribution < -0.4 is 10.1 Å². The highest BCUT2D eigenvalue weighted by Crippen LogP contribution is 2.41. The van der Waals surface area contributed by atoms with Crippen LogP contribution in [0.15, 0.2) is 48.7 Å². The van der Waals surface area contributed by atoms with Crippen molar-refractivity contribution < 1.29 is 27.8 Å². The molecule has 1 aromatic heterocycles. The average molecular weight is 432 g/mol. The first-order chi connectivity index (χ1) is 14.7. The molecule has 1 heterocycles. The summed E-state index contributed by atoms with van der Waals surface area (Å²) in [6.45, 7) is 1.72. The number of amides is 1. The van der Waals surface area contributed by atoms with Gasteiger partial charge in [-0.1, -0.05) is 19.1 Å². The number of carbonyl (C=O) groups is 1. The molecule has 164 valence electrons. The molecule has 0 spiro atoms. The number of halogens is 3. The Hall–Kier alpha value is -3.00. The van der Waals surface area contributed by atoms with Gasteiger partial charge in [-0.2, -0.15) is 13.2 Å². The highest BCUT2D eigenvalue weighted by Gasteiger charge is 2.34. The van der Waals surface area contributed by atoms with Gasteiger partial charge in [0.05, 0.1) is 17.4 Å². The molecular formula is C23H23F3N2O3. The zero-order chi connectivity index (χ0) is 22.2. The van der Waals surface area contributed by atoms with E-state index in [0.717, 1.165) is 41.4 Å². The van der Waals surface area contributed by atoms with E-state index in [0.29, 0.717) is 17.9 Å². The average Bonchev–Trinajstić information content (AvgIpc) is 3.11. The smallest absolute Gasteiger partial charge is 0.416 e. The molecule has 1 fully saturated rings. The van der Waals surface area contributed by atoms with Crippen molar-refractivity contribution in [3.63, 3.8) is 0 Å². The molecule has 0 bridgehead atoms. The molecule has 4 rings (SSSR count). The van der Waals surface area contributed by atoms with Gasteiger partial charge in [0.25, 0.3) is 5.91 Å². The Morgan fingerprint density at radius 1 is 1.23 bits per heavy atom. The minimum Gasteiger partial charge on any atom is -0.490 e. The lowest BCUT2D eigenvalue weighted by Crippen LogP contribution is -2.32. The van der Waals surface area contributed by atoms with Crippen LogP contribution in [-0.2, 0) is 11.0 Å². The number of hydrogen-bond donors (Lipinski definition) is 3. The Kier molecular flexibility index (Phi) is 5.66. The molecular weight excluding hydrogens is 409 g/mol. The summed E-state index contributed by atoms with van der Waals surface area (Å²) in [5.41, 5.74) is 1.63. The number of benzene rings is 2. The Morgan fingerprint density at radius 3 is 2.58 bits per heavy atom. The van der Waals surface area contributed by atoms with Gasteiger partial charge in [0.15, 0.2) is 0 Å². The van der Waals surface area contributed by atoms with Gasteiger partial charge in [0.1, 0.15) is 11.9 Å². The van der Waals surface area contributed by atoms with Crippen molar-refractivity contribution in [2.45, 2.75) is 50.5 Å². The standard InChI is InChI=1S/C23H23F3N2O3/c1-2-21(29)22(30)28-20-12-27-19-8-7-16(11-18(19)20)31-17-9-14(10-17)13-3-5-15(6-4-13)23(24,25)26/h3-8,11-12,14,17,21,27,29H,2,9-10H2,1H3,(H,28,30)/t14?,17?,21-/m1/s1. The molecule has 1 aliphatic carbocycles. The van der Waals surface area contributed by atoms with Crippen molar-refractivity contribution in [2.75, 3.05) is 5.32 Å². The Balaban J connectivity index is 1.39. The molecule has 3 aromatic rings. The van der Waals surface area contributed by atoms with E-state index in [1.54, 1.807) is 13.1 Å². The third-order valence-corrected chi connectivity index (χ3v) is 5.71. The summed E-state index contributed by atoms with van der Waals surface area (Å²) in [5.74, 6) is 0.358. The Labute approximate surface area is 177 Å². The lowest BCUT2D eigenvalue weighted by Gasteiger charge is -2.35. The van der Waals surface area contributed by atoms with Crippen LogP contribution in [-0.4, -0.2) is 28.2 Å². The lowest BCUT2D eigenvalue weighted by molar-refractivity contribution is -0.137. The third kappa shape index (κ3) is 4.54. The van der Waals surface area contributed by atoms with E-state index in [1.807, 2.05) is 18.2 Å². The lowest BCUT2D eigenvalue weighted by atomic mass is 9.77. The van der Waals surface area contributed by atoms with Gasteiger partial charge >= 0.3 is 6.18 Å². The summed E-state index contributed by atoms with van der Waals surface area (Å²) in [7, 11) is 0. The zero-order valence-electron chi connectivity index (χ0n) is 16.9. The topological polar surface area (TPSA) is 74.4 Å². The molecule has 1 aliphatic rings. The first-order valence-corrected chi connectivity index (χ1v) is 10.2. The van der Waals surface area contributed by atoms with E-state index in [-0.39, 0.29) is 12.0 Å². The summed E-state index contributed by atoms with van der Waals surface area (Å²) >= 11 is 0. The van der Waals surface area contributed by atoms with Crippen LogP contribution in [0, 0.1) is 0 Å². The Bertz CT molecular complexity index is 1070. The Morgan fingerprint density at radius 2 is 1.94 bits per heavy atom. The number of alkyl halides is 3. The molecule has 0 radical (unpaired) electrons. The van der Waals surface area contributed by atoms with Crippen molar-refractivity contribution in [1.82, 2.24) is 4.98 Å². The van der Waals surface area contributed by atoms with Crippen LogP contribution in [0.3, 0.4) is 0 Å². The minimum absolute atomic E-state index is 0.0244. The number of fused-ring (bicyclic) bond motifs is 1. The molecule has 0 aliphatic heterocycles. The van der Waals surface area contributed by atoms with E-state index in [2.05, 4.69) is 10.3 Å². The number of aliphatic hydroxyl groups is 1. The van der Waals surface area contributed by atoms with Crippen molar-refractivity contribution in [3.05, 3.63) is 59.8 Å². The zero-order valence-corrected chi connectivity index (χ0v) is 16.9. The predicted octanol–water partition coefficient (Wildman–Crippen LogP) is 5.22. The van der Waals surface area contributed by atoms with Crippen molar-refractivity contribution >= 4 is 22.5 Å². The number of nitrogens with one attached hydrogen (secondary N) is 2. The number of H-pyrrole nitrogens is 1. The maximum atomic E-state index is 12.7. The molecule has 0 unspecified atom stereocenters. The molecule has 3 N–H and O–H groups in total. The van der Waals surface area contributed by atoms with Crippen molar-refractivity contribution in [1.29, 1.82) is 0 Å². The molecule has 1 amide bonds. The molecule has 8 heteroatoms. The SMILES string of the molecule is CC[C@@H](O)C(=O)Nc1c[nH]c2ccc(OC3CC(c4ccc(C(F)(F)F)cc4)C3)cc12. The van der Waals surface area contributed by atoms with Gasteiger partial charge in [0, 0.05) is 17.1 Å². The van der Waals surface area contributed by atoms with Gasteiger partial charge in [-0.15, -0.1) is 0 Å². The van der Waals surface area contributed by atoms with Crippen LogP contribution in [0.25, 0.3) is 10.9 Å². The van der Waals surface area contributed by atoms with Crippen molar-refractivity contribution in [2.24, 2.45) is 0 Å². The number of ether oxygens (including phenoxy) is 1. The van der Waals surface area contributed by atoms with Gasteiger partial charge in [-0.25, -0.2) is 0 Å². The second-order valence-electron chi connectivity index (χ2n) is 7.85. The number of aliphatic hydroxyl groups excluding tert-OH is 1. The number of aromatic amines is 1.